The summed E-state index contributed by atoms with van der Waals surface area (Å²) in [6.07, 6.45) is 0. The first-order valence-electron chi connectivity index (χ1n) is 4.95. The molecular weight excluding hydrogens is 354 g/mol. The molecule has 0 bridgehead atoms. The number of aromatic nitrogens is 2. The molecule has 0 N–H and O–H groups in total. The number of carbonyl (C=O) groups excluding carboxylic acids is 1. The Morgan fingerprint density at radius 1 is 1.59 bits per heavy atom. The van der Waals surface area contributed by atoms with Gasteiger partial charge in [0.25, 0.3) is 0 Å². The molecule has 0 amide bonds. The molecule has 0 fully saturated rings. The predicted octanol–water partition coefficient (Wildman–Crippen LogP) is 3.03. The largest absolute Gasteiger partial charge is 0.467 e. The fourth-order valence-corrected chi connectivity index (χ4v) is 2.48. The highest BCUT2D eigenvalue weighted by Gasteiger charge is 2.20. The molecule has 0 saturated carbocycles. The third-order valence-electron chi connectivity index (χ3n) is 2.53. The molecule has 4 nitrogen and oxygen atoms in total. The Morgan fingerprint density at radius 3 is 2.94 bits per heavy atom. The van der Waals surface area contributed by atoms with Crippen molar-refractivity contribution < 1.29 is 9.53 Å². The number of hydrogen-bond donors (Lipinski definition) is 0. The van der Waals surface area contributed by atoms with Crippen molar-refractivity contribution in [2.24, 2.45) is 0 Å². The predicted molar refractivity (Wildman–Crippen MR) is 74.2 cm³/mol. The zero-order valence-electron chi connectivity index (χ0n) is 9.28. The van der Waals surface area contributed by atoms with E-state index >= 15 is 0 Å². The molecule has 17 heavy (non-hydrogen) atoms. The highest BCUT2D eigenvalue weighted by molar-refractivity contribution is 14.1. The minimum Gasteiger partial charge on any atom is -0.467 e. The number of nitrogens with zero attached hydrogens (tertiary/aromatic N) is 2. The van der Waals surface area contributed by atoms with Gasteiger partial charge in [-0.2, -0.15) is 5.10 Å². The van der Waals surface area contributed by atoms with E-state index in [-0.39, 0.29) is 5.97 Å². The Balaban J connectivity index is 2.59. The molecule has 0 radical (unpaired) electrons. The van der Waals surface area contributed by atoms with Gasteiger partial charge in [-0.1, -0.05) is 11.6 Å². The minimum atomic E-state index is -0.452. The van der Waals surface area contributed by atoms with E-state index in [2.05, 4.69) is 27.7 Å². The van der Waals surface area contributed by atoms with E-state index in [4.69, 9.17) is 16.3 Å². The molecule has 0 aliphatic heterocycles. The molecule has 90 valence electrons. The highest BCUT2D eigenvalue weighted by atomic mass is 127. The van der Waals surface area contributed by atoms with Crippen molar-refractivity contribution in [1.82, 2.24) is 9.78 Å². The maximum absolute atomic E-state index is 11.5. The maximum Gasteiger partial charge on any atom is 0.330 e. The second-order valence-electron chi connectivity index (χ2n) is 3.60. The summed E-state index contributed by atoms with van der Waals surface area (Å²) < 4.78 is 7.19. The normalized spacial score (nSPS) is 12.7. The second-order valence-corrected chi connectivity index (χ2v) is 5.05. The van der Waals surface area contributed by atoms with E-state index in [0.717, 1.165) is 14.6 Å². The number of ether oxygens (including phenoxy) is 1. The topological polar surface area (TPSA) is 44.1 Å². The first kappa shape index (κ1) is 12.6. The van der Waals surface area contributed by atoms with E-state index in [1.54, 1.807) is 17.7 Å². The third kappa shape index (κ3) is 2.26. The number of esters is 1. The van der Waals surface area contributed by atoms with Crippen LogP contribution in [-0.4, -0.2) is 22.9 Å². The van der Waals surface area contributed by atoms with E-state index in [9.17, 15) is 4.79 Å². The lowest BCUT2D eigenvalue weighted by Gasteiger charge is -2.10. The van der Waals surface area contributed by atoms with Gasteiger partial charge in [-0.15, -0.1) is 0 Å². The average molecular weight is 365 g/mol. The van der Waals surface area contributed by atoms with Gasteiger partial charge in [0.05, 0.1) is 12.6 Å². The summed E-state index contributed by atoms with van der Waals surface area (Å²) in [7, 11) is 1.37. The van der Waals surface area contributed by atoms with Gasteiger partial charge >= 0.3 is 5.97 Å². The number of rotatable bonds is 2. The van der Waals surface area contributed by atoms with Crippen molar-refractivity contribution in [1.29, 1.82) is 0 Å². The number of fused-ring (bicyclic) bond motifs is 1. The van der Waals surface area contributed by atoms with Crippen molar-refractivity contribution in [2.75, 3.05) is 7.11 Å². The lowest BCUT2D eigenvalue weighted by molar-refractivity contribution is -0.144. The van der Waals surface area contributed by atoms with Gasteiger partial charge in [-0.3, -0.25) is 0 Å². The van der Waals surface area contributed by atoms with Crippen molar-refractivity contribution in [3.8, 4) is 0 Å². The van der Waals surface area contributed by atoms with Crippen molar-refractivity contribution in [3.63, 3.8) is 0 Å². The molecule has 0 aliphatic carbocycles. The van der Waals surface area contributed by atoms with Gasteiger partial charge in [0.15, 0.2) is 0 Å². The molecule has 1 aromatic heterocycles. The SMILES string of the molecule is COC(=O)[C@H](C)n1nc(I)c2cc(Cl)ccc21. The van der Waals surface area contributed by atoms with Crippen LogP contribution in [-0.2, 0) is 9.53 Å². The summed E-state index contributed by atoms with van der Waals surface area (Å²) >= 11 is 8.06. The highest BCUT2D eigenvalue weighted by Crippen LogP contribution is 2.26. The zero-order chi connectivity index (χ0) is 12.6. The standard InChI is InChI=1S/C11H10ClIN2O2/c1-6(11(16)17-2)15-9-4-3-7(12)5-8(9)10(13)14-15/h3-6H,1-2H3/t6-/m0/s1. The average Bonchev–Trinajstić information content (AvgIpc) is 2.64. The van der Waals surface area contributed by atoms with Crippen LogP contribution in [0.5, 0.6) is 0 Å². The van der Waals surface area contributed by atoms with Crippen molar-refractivity contribution in [2.45, 2.75) is 13.0 Å². The number of hydrogen-bond acceptors (Lipinski definition) is 3. The summed E-state index contributed by atoms with van der Waals surface area (Å²) in [4.78, 5) is 11.5. The zero-order valence-corrected chi connectivity index (χ0v) is 12.2. The summed E-state index contributed by atoms with van der Waals surface area (Å²) in [6.45, 7) is 1.75. The van der Waals surface area contributed by atoms with Crippen molar-refractivity contribution >= 4 is 51.1 Å². The maximum atomic E-state index is 11.5. The summed E-state index contributed by atoms with van der Waals surface area (Å²) in [6, 6.07) is 5.02. The fourth-order valence-electron chi connectivity index (χ4n) is 1.64. The lowest BCUT2D eigenvalue weighted by Crippen LogP contribution is -2.18. The Kier molecular flexibility index (Phi) is 3.58. The first-order valence-corrected chi connectivity index (χ1v) is 6.41. The van der Waals surface area contributed by atoms with Crippen LogP contribution in [0.25, 0.3) is 10.9 Å². The third-order valence-corrected chi connectivity index (χ3v) is 3.56. The summed E-state index contributed by atoms with van der Waals surface area (Å²) in [5, 5.41) is 5.94. The Morgan fingerprint density at radius 2 is 2.29 bits per heavy atom. The number of benzene rings is 1. The van der Waals surface area contributed by atoms with E-state index in [1.807, 2.05) is 12.1 Å². The van der Waals surface area contributed by atoms with E-state index in [1.165, 1.54) is 7.11 Å². The summed E-state index contributed by atoms with van der Waals surface area (Å²) in [5.41, 5.74) is 0.872. The van der Waals surface area contributed by atoms with E-state index in [0.29, 0.717) is 5.02 Å². The molecule has 0 unspecified atom stereocenters. The molecular formula is C11H10ClIN2O2. The van der Waals surface area contributed by atoms with Gasteiger partial charge in [-0.25, -0.2) is 9.48 Å². The van der Waals surface area contributed by atoms with Gasteiger partial charge in [0.1, 0.15) is 9.74 Å². The lowest BCUT2D eigenvalue weighted by atomic mass is 10.2. The van der Waals surface area contributed by atoms with Gasteiger partial charge in [0.2, 0.25) is 0 Å². The number of carbonyl (C=O) groups is 1. The Hall–Kier alpha value is -0.820. The minimum absolute atomic E-state index is 0.319. The Labute approximate surface area is 117 Å². The fraction of sp³-hybridized carbons (Fsp3) is 0.273. The van der Waals surface area contributed by atoms with E-state index < -0.39 is 6.04 Å². The molecule has 0 saturated heterocycles. The van der Waals surface area contributed by atoms with Crippen LogP contribution in [0.3, 0.4) is 0 Å². The van der Waals surface area contributed by atoms with Gasteiger partial charge in [0, 0.05) is 10.4 Å². The van der Waals surface area contributed by atoms with Crippen LogP contribution in [0.1, 0.15) is 13.0 Å². The van der Waals surface area contributed by atoms with Crippen LogP contribution in [0.4, 0.5) is 0 Å². The molecule has 1 heterocycles. The quantitative estimate of drug-likeness (QED) is 0.608. The molecule has 6 heteroatoms. The molecule has 1 aromatic carbocycles. The summed E-state index contributed by atoms with van der Waals surface area (Å²) in [5.74, 6) is -0.319. The molecule has 0 spiro atoms. The number of halogens is 2. The molecule has 0 aliphatic rings. The smallest absolute Gasteiger partial charge is 0.330 e. The monoisotopic (exact) mass is 364 g/mol. The number of methoxy groups -OCH3 is 1. The molecule has 1 atom stereocenters. The van der Waals surface area contributed by atoms with Crippen molar-refractivity contribution in [3.05, 3.63) is 26.9 Å². The van der Waals surface area contributed by atoms with Gasteiger partial charge in [-0.05, 0) is 47.7 Å². The van der Waals surface area contributed by atoms with Crippen LogP contribution >= 0.6 is 34.2 Å². The van der Waals surface area contributed by atoms with Crippen LogP contribution in [0, 0.1) is 3.70 Å². The first-order chi connectivity index (χ1) is 8.04. The van der Waals surface area contributed by atoms with Crippen LogP contribution in [0.15, 0.2) is 18.2 Å². The Bertz CT molecular complexity index is 582. The van der Waals surface area contributed by atoms with Crippen LogP contribution < -0.4 is 0 Å². The molecule has 2 rings (SSSR count). The molecule has 2 aromatic rings. The second kappa shape index (κ2) is 4.81. The van der Waals surface area contributed by atoms with Gasteiger partial charge < -0.3 is 4.74 Å². The van der Waals surface area contributed by atoms with Crippen LogP contribution in [0.2, 0.25) is 5.02 Å².